The van der Waals surface area contributed by atoms with E-state index in [1.54, 1.807) is 13.1 Å². The maximum absolute atomic E-state index is 12.3. The lowest BCUT2D eigenvalue weighted by Crippen LogP contribution is -2.30. The highest BCUT2D eigenvalue weighted by Crippen LogP contribution is 2.26. The summed E-state index contributed by atoms with van der Waals surface area (Å²) in [5.41, 5.74) is 2.21. The van der Waals surface area contributed by atoms with Gasteiger partial charge in [-0.2, -0.15) is 0 Å². The molecule has 0 aliphatic carbocycles. The van der Waals surface area contributed by atoms with Crippen molar-refractivity contribution in [2.24, 2.45) is 0 Å². The number of amides is 1. The Labute approximate surface area is 154 Å². The summed E-state index contributed by atoms with van der Waals surface area (Å²) in [7, 11) is 0. The summed E-state index contributed by atoms with van der Waals surface area (Å²) in [6.07, 6.45) is 1.68. The molecule has 6 nitrogen and oxygen atoms in total. The average Bonchev–Trinajstić information content (AvgIpc) is 3.08. The van der Waals surface area contributed by atoms with E-state index in [0.717, 1.165) is 5.56 Å². The quantitative estimate of drug-likeness (QED) is 0.678. The van der Waals surface area contributed by atoms with Crippen molar-refractivity contribution < 1.29 is 14.3 Å². The van der Waals surface area contributed by atoms with Gasteiger partial charge in [0.15, 0.2) is 0 Å². The molecule has 0 fully saturated rings. The molecule has 26 heavy (non-hydrogen) atoms. The van der Waals surface area contributed by atoms with Crippen molar-refractivity contribution in [1.82, 2.24) is 15.3 Å². The van der Waals surface area contributed by atoms with Crippen LogP contribution in [-0.4, -0.2) is 28.4 Å². The minimum atomic E-state index is -0.491. The SMILES string of the molecule is Cc1nc(-c2ccccn2)sc1C(=O)NCC(=O)OCc1ccccc1. The van der Waals surface area contributed by atoms with Crippen LogP contribution in [0.4, 0.5) is 0 Å². The molecule has 1 N–H and O–H groups in total. The van der Waals surface area contributed by atoms with E-state index in [-0.39, 0.29) is 19.1 Å². The van der Waals surface area contributed by atoms with Gasteiger partial charge in [0.1, 0.15) is 23.0 Å². The van der Waals surface area contributed by atoms with E-state index in [9.17, 15) is 9.59 Å². The van der Waals surface area contributed by atoms with Crippen LogP contribution in [0.3, 0.4) is 0 Å². The molecule has 1 amide bonds. The first-order chi connectivity index (χ1) is 12.6. The lowest BCUT2D eigenvalue weighted by molar-refractivity contribution is -0.143. The van der Waals surface area contributed by atoms with Crippen LogP contribution in [0.1, 0.15) is 20.9 Å². The van der Waals surface area contributed by atoms with Crippen LogP contribution in [0, 0.1) is 6.92 Å². The number of aryl methyl sites for hydroxylation is 1. The predicted octanol–water partition coefficient (Wildman–Crippen LogP) is 2.99. The number of benzene rings is 1. The fourth-order valence-corrected chi connectivity index (χ4v) is 3.19. The topological polar surface area (TPSA) is 81.2 Å². The zero-order valence-corrected chi connectivity index (χ0v) is 15.0. The van der Waals surface area contributed by atoms with E-state index in [2.05, 4.69) is 15.3 Å². The van der Waals surface area contributed by atoms with Crippen molar-refractivity contribution in [1.29, 1.82) is 0 Å². The smallest absolute Gasteiger partial charge is 0.325 e. The summed E-state index contributed by atoms with van der Waals surface area (Å²) < 4.78 is 5.14. The number of ether oxygens (including phenoxy) is 1. The van der Waals surface area contributed by atoms with Gasteiger partial charge in [0, 0.05) is 6.20 Å². The third-order valence-electron chi connectivity index (χ3n) is 3.52. The molecule has 7 heteroatoms. The average molecular weight is 367 g/mol. The van der Waals surface area contributed by atoms with Crippen molar-refractivity contribution in [2.45, 2.75) is 13.5 Å². The largest absolute Gasteiger partial charge is 0.460 e. The number of rotatable bonds is 6. The van der Waals surface area contributed by atoms with Crippen LogP contribution < -0.4 is 5.32 Å². The molecule has 1 aromatic carbocycles. The molecule has 2 heterocycles. The van der Waals surface area contributed by atoms with Gasteiger partial charge in [-0.05, 0) is 24.6 Å². The molecule has 0 aliphatic rings. The zero-order chi connectivity index (χ0) is 18.4. The number of esters is 1. The third kappa shape index (κ3) is 4.52. The second kappa shape index (κ2) is 8.35. The molecule has 0 atom stereocenters. The number of nitrogens with zero attached hydrogens (tertiary/aromatic N) is 2. The summed E-state index contributed by atoms with van der Waals surface area (Å²) >= 11 is 1.24. The number of aromatic nitrogens is 2. The maximum atomic E-state index is 12.3. The van der Waals surface area contributed by atoms with Gasteiger partial charge < -0.3 is 10.1 Å². The van der Waals surface area contributed by atoms with E-state index < -0.39 is 5.97 Å². The van der Waals surface area contributed by atoms with Gasteiger partial charge in [0.25, 0.3) is 5.91 Å². The lowest BCUT2D eigenvalue weighted by Gasteiger charge is -2.06. The normalized spacial score (nSPS) is 10.3. The summed E-state index contributed by atoms with van der Waals surface area (Å²) in [5.74, 6) is -0.840. The molecular weight excluding hydrogens is 350 g/mol. The summed E-state index contributed by atoms with van der Waals surface area (Å²) in [4.78, 5) is 33.2. The molecule has 0 saturated heterocycles. The number of hydrogen-bond acceptors (Lipinski definition) is 6. The molecule has 2 aromatic heterocycles. The molecule has 0 radical (unpaired) electrons. The predicted molar refractivity (Wildman–Crippen MR) is 98.7 cm³/mol. The van der Waals surface area contributed by atoms with Gasteiger partial charge in [-0.15, -0.1) is 11.3 Å². The Balaban J connectivity index is 1.55. The number of pyridine rings is 1. The van der Waals surface area contributed by atoms with Crippen molar-refractivity contribution in [3.8, 4) is 10.7 Å². The maximum Gasteiger partial charge on any atom is 0.325 e. The molecule has 3 rings (SSSR count). The van der Waals surface area contributed by atoms with Gasteiger partial charge in [0.2, 0.25) is 0 Å². The fourth-order valence-electron chi connectivity index (χ4n) is 2.23. The van der Waals surface area contributed by atoms with Gasteiger partial charge >= 0.3 is 5.97 Å². The number of carbonyl (C=O) groups is 2. The van der Waals surface area contributed by atoms with Crippen LogP contribution >= 0.6 is 11.3 Å². The Morgan fingerprint density at radius 1 is 1.12 bits per heavy atom. The Morgan fingerprint density at radius 3 is 2.62 bits per heavy atom. The Bertz CT molecular complexity index is 895. The molecule has 0 spiro atoms. The van der Waals surface area contributed by atoms with Gasteiger partial charge in [0.05, 0.1) is 11.4 Å². The molecule has 0 saturated carbocycles. The van der Waals surface area contributed by atoms with Crippen molar-refractivity contribution >= 4 is 23.2 Å². The first-order valence-corrected chi connectivity index (χ1v) is 8.81. The second-order valence-electron chi connectivity index (χ2n) is 5.48. The van der Waals surface area contributed by atoms with Crippen LogP contribution in [0.2, 0.25) is 0 Å². The van der Waals surface area contributed by atoms with E-state index in [1.807, 2.05) is 48.5 Å². The first-order valence-electron chi connectivity index (χ1n) is 8.00. The molecule has 132 valence electrons. The van der Waals surface area contributed by atoms with Crippen LogP contribution in [0.5, 0.6) is 0 Å². The minimum Gasteiger partial charge on any atom is -0.460 e. The van der Waals surface area contributed by atoms with Crippen LogP contribution in [0.25, 0.3) is 10.7 Å². The third-order valence-corrected chi connectivity index (χ3v) is 4.70. The van der Waals surface area contributed by atoms with Crippen LogP contribution in [0.15, 0.2) is 54.7 Å². The summed E-state index contributed by atoms with van der Waals surface area (Å²) in [5, 5.41) is 3.24. The first kappa shape index (κ1) is 17.8. The number of thiazole rings is 1. The minimum absolute atomic E-state index is 0.180. The summed E-state index contributed by atoms with van der Waals surface area (Å²) in [6, 6.07) is 14.9. The molecule has 0 bridgehead atoms. The number of hydrogen-bond donors (Lipinski definition) is 1. The summed E-state index contributed by atoms with van der Waals surface area (Å²) in [6.45, 7) is 1.74. The van der Waals surface area contributed by atoms with Gasteiger partial charge in [-0.1, -0.05) is 36.4 Å². The zero-order valence-electron chi connectivity index (χ0n) is 14.1. The van der Waals surface area contributed by atoms with Gasteiger partial charge in [-0.25, -0.2) is 4.98 Å². The lowest BCUT2D eigenvalue weighted by atomic mass is 10.2. The molecule has 0 unspecified atom stereocenters. The van der Waals surface area contributed by atoms with Crippen molar-refractivity contribution in [3.63, 3.8) is 0 Å². The number of nitrogens with one attached hydrogen (secondary N) is 1. The molecular formula is C19H17N3O3S. The highest BCUT2D eigenvalue weighted by molar-refractivity contribution is 7.17. The number of carbonyl (C=O) groups excluding carboxylic acids is 2. The second-order valence-corrected chi connectivity index (χ2v) is 6.48. The monoisotopic (exact) mass is 367 g/mol. The highest BCUT2D eigenvalue weighted by Gasteiger charge is 2.17. The highest BCUT2D eigenvalue weighted by atomic mass is 32.1. The Morgan fingerprint density at radius 2 is 1.88 bits per heavy atom. The Kier molecular flexibility index (Phi) is 5.70. The fraction of sp³-hybridized carbons (Fsp3) is 0.158. The van der Waals surface area contributed by atoms with E-state index in [0.29, 0.717) is 21.3 Å². The van der Waals surface area contributed by atoms with E-state index in [4.69, 9.17) is 4.74 Å². The van der Waals surface area contributed by atoms with Gasteiger partial charge in [-0.3, -0.25) is 14.6 Å². The van der Waals surface area contributed by atoms with Crippen LogP contribution in [-0.2, 0) is 16.1 Å². The van der Waals surface area contributed by atoms with E-state index >= 15 is 0 Å². The van der Waals surface area contributed by atoms with Crippen molar-refractivity contribution in [3.05, 3.63) is 70.9 Å². The van der Waals surface area contributed by atoms with Crippen molar-refractivity contribution in [2.75, 3.05) is 6.54 Å². The molecule has 0 aliphatic heterocycles. The Hall–Kier alpha value is -3.06. The molecule has 3 aromatic rings. The van der Waals surface area contributed by atoms with E-state index in [1.165, 1.54) is 11.3 Å². The standard InChI is InChI=1S/C19H17N3O3S/c1-13-17(26-19(22-13)15-9-5-6-10-20-15)18(24)21-11-16(23)25-12-14-7-3-2-4-8-14/h2-10H,11-12H2,1H3,(H,21,24).